The van der Waals surface area contributed by atoms with E-state index in [-0.39, 0.29) is 17.0 Å². The monoisotopic (exact) mass is 334 g/mol. The summed E-state index contributed by atoms with van der Waals surface area (Å²) in [7, 11) is 0. The molecule has 1 unspecified atom stereocenters. The van der Waals surface area contributed by atoms with Crippen LogP contribution in [0.15, 0.2) is 12.1 Å². The van der Waals surface area contributed by atoms with Gasteiger partial charge in [0.25, 0.3) is 0 Å². The van der Waals surface area contributed by atoms with E-state index in [0.29, 0.717) is 24.3 Å². The van der Waals surface area contributed by atoms with Crippen LogP contribution in [0.25, 0.3) is 0 Å². The number of aromatic carboxylic acids is 2. The second-order valence-electron chi connectivity index (χ2n) is 6.95. The Kier molecular flexibility index (Phi) is 7.96. The SMILES string of the molecule is CCCCC(CC)Cc1c(C(=O)O)ccc(C(=O)O)c1CC(C)C. The van der Waals surface area contributed by atoms with Crippen LogP contribution in [0, 0.1) is 11.8 Å². The molecule has 0 heterocycles. The Bertz CT molecular complexity index is 575. The lowest BCUT2D eigenvalue weighted by Gasteiger charge is -2.21. The van der Waals surface area contributed by atoms with Crippen LogP contribution in [-0.4, -0.2) is 22.2 Å². The maximum absolute atomic E-state index is 11.7. The molecule has 1 atom stereocenters. The van der Waals surface area contributed by atoms with Crippen molar-refractivity contribution < 1.29 is 19.8 Å². The average Bonchev–Trinajstić information content (AvgIpc) is 2.51. The minimum atomic E-state index is -0.981. The molecule has 0 aromatic heterocycles. The summed E-state index contributed by atoms with van der Waals surface area (Å²) in [6, 6.07) is 2.90. The fraction of sp³-hybridized carbons (Fsp3) is 0.600. The maximum atomic E-state index is 11.7. The van der Waals surface area contributed by atoms with Crippen molar-refractivity contribution in [3.63, 3.8) is 0 Å². The normalized spacial score (nSPS) is 12.4. The third-order valence-corrected chi connectivity index (χ3v) is 4.54. The fourth-order valence-corrected chi connectivity index (χ4v) is 3.20. The zero-order valence-electron chi connectivity index (χ0n) is 15.3. The molecule has 0 aliphatic rings. The van der Waals surface area contributed by atoms with E-state index in [2.05, 4.69) is 13.8 Å². The molecule has 134 valence electrons. The lowest BCUT2D eigenvalue weighted by molar-refractivity contribution is 0.0678. The molecule has 1 aromatic rings. The van der Waals surface area contributed by atoms with Crippen molar-refractivity contribution in [2.45, 2.75) is 66.2 Å². The van der Waals surface area contributed by atoms with Crippen molar-refractivity contribution in [2.75, 3.05) is 0 Å². The highest BCUT2D eigenvalue weighted by atomic mass is 16.4. The number of benzene rings is 1. The number of carboxylic acids is 2. The first kappa shape index (κ1) is 20.2. The van der Waals surface area contributed by atoms with Crippen molar-refractivity contribution >= 4 is 11.9 Å². The van der Waals surface area contributed by atoms with Gasteiger partial charge in [0, 0.05) is 0 Å². The Morgan fingerprint density at radius 3 is 1.83 bits per heavy atom. The van der Waals surface area contributed by atoms with E-state index < -0.39 is 11.9 Å². The van der Waals surface area contributed by atoms with Gasteiger partial charge < -0.3 is 10.2 Å². The summed E-state index contributed by atoms with van der Waals surface area (Å²) in [6.07, 6.45) is 5.46. The van der Waals surface area contributed by atoms with Crippen LogP contribution in [0.3, 0.4) is 0 Å². The van der Waals surface area contributed by atoms with Gasteiger partial charge in [0.1, 0.15) is 0 Å². The molecule has 1 rings (SSSR count). The number of hydrogen-bond donors (Lipinski definition) is 2. The standard InChI is InChI=1S/C20H30O4/c1-5-7-8-14(6-2)12-18-16(20(23)24)10-9-15(19(21)22)17(18)11-13(3)4/h9-10,13-14H,5-8,11-12H2,1-4H3,(H,21,22)(H,23,24). The largest absolute Gasteiger partial charge is 0.478 e. The Balaban J connectivity index is 3.40. The van der Waals surface area contributed by atoms with Crippen LogP contribution >= 0.6 is 0 Å². The van der Waals surface area contributed by atoms with Crippen LogP contribution in [0.1, 0.15) is 85.2 Å². The quantitative estimate of drug-likeness (QED) is 0.628. The van der Waals surface area contributed by atoms with E-state index in [9.17, 15) is 19.8 Å². The molecule has 0 aliphatic carbocycles. The Labute approximate surface area is 144 Å². The summed E-state index contributed by atoms with van der Waals surface area (Å²) in [5.74, 6) is -1.30. The predicted octanol–water partition coefficient (Wildman–Crippen LogP) is 5.04. The minimum absolute atomic E-state index is 0.244. The van der Waals surface area contributed by atoms with E-state index in [1.54, 1.807) is 0 Å². The van der Waals surface area contributed by atoms with E-state index in [0.717, 1.165) is 31.2 Å². The summed E-state index contributed by atoms with van der Waals surface area (Å²) in [5, 5.41) is 19.1. The molecule has 4 nitrogen and oxygen atoms in total. The van der Waals surface area contributed by atoms with Gasteiger partial charge in [0.2, 0.25) is 0 Å². The van der Waals surface area contributed by atoms with Gasteiger partial charge in [-0.3, -0.25) is 0 Å². The molecular weight excluding hydrogens is 304 g/mol. The zero-order chi connectivity index (χ0) is 18.3. The van der Waals surface area contributed by atoms with E-state index >= 15 is 0 Å². The highest BCUT2D eigenvalue weighted by Gasteiger charge is 2.23. The van der Waals surface area contributed by atoms with Crippen molar-refractivity contribution in [3.05, 3.63) is 34.4 Å². The minimum Gasteiger partial charge on any atom is -0.478 e. The van der Waals surface area contributed by atoms with Crippen molar-refractivity contribution in [2.24, 2.45) is 11.8 Å². The number of unbranched alkanes of at least 4 members (excludes halogenated alkanes) is 1. The van der Waals surface area contributed by atoms with Gasteiger partial charge >= 0.3 is 11.9 Å². The number of carbonyl (C=O) groups is 2. The van der Waals surface area contributed by atoms with E-state index in [1.165, 1.54) is 12.1 Å². The third-order valence-electron chi connectivity index (χ3n) is 4.54. The van der Waals surface area contributed by atoms with E-state index in [4.69, 9.17) is 0 Å². The highest BCUT2D eigenvalue weighted by molar-refractivity contribution is 5.95. The van der Waals surface area contributed by atoms with Gasteiger partial charge in [-0.1, -0.05) is 53.4 Å². The topological polar surface area (TPSA) is 74.6 Å². The highest BCUT2D eigenvalue weighted by Crippen LogP contribution is 2.28. The van der Waals surface area contributed by atoms with Gasteiger partial charge in [-0.15, -0.1) is 0 Å². The molecule has 0 saturated heterocycles. The van der Waals surface area contributed by atoms with Crippen LogP contribution in [-0.2, 0) is 12.8 Å². The van der Waals surface area contributed by atoms with Gasteiger partial charge in [-0.2, -0.15) is 0 Å². The molecule has 2 N–H and O–H groups in total. The molecule has 0 spiro atoms. The van der Waals surface area contributed by atoms with E-state index in [1.807, 2.05) is 13.8 Å². The molecule has 1 aromatic carbocycles. The molecule has 0 bridgehead atoms. The molecule has 24 heavy (non-hydrogen) atoms. The Hall–Kier alpha value is -1.84. The number of hydrogen-bond acceptors (Lipinski definition) is 2. The molecule has 0 amide bonds. The van der Waals surface area contributed by atoms with Gasteiger partial charge in [0.05, 0.1) is 11.1 Å². The molecule has 0 aliphatic heterocycles. The van der Waals surface area contributed by atoms with Crippen LogP contribution < -0.4 is 0 Å². The van der Waals surface area contributed by atoms with Crippen LogP contribution in [0.2, 0.25) is 0 Å². The molecule has 0 saturated carbocycles. The third kappa shape index (κ3) is 5.36. The summed E-state index contributed by atoms with van der Waals surface area (Å²) >= 11 is 0. The first-order valence-electron chi connectivity index (χ1n) is 8.93. The summed E-state index contributed by atoms with van der Waals surface area (Å²) in [5.41, 5.74) is 1.92. The van der Waals surface area contributed by atoms with Crippen LogP contribution in [0.5, 0.6) is 0 Å². The van der Waals surface area contributed by atoms with Crippen molar-refractivity contribution in [3.8, 4) is 0 Å². The van der Waals surface area contributed by atoms with Crippen molar-refractivity contribution in [1.82, 2.24) is 0 Å². The molecule has 0 fully saturated rings. The summed E-state index contributed by atoms with van der Waals surface area (Å²) < 4.78 is 0. The zero-order valence-corrected chi connectivity index (χ0v) is 15.3. The first-order valence-corrected chi connectivity index (χ1v) is 8.93. The predicted molar refractivity (Wildman–Crippen MR) is 95.9 cm³/mol. The fourth-order valence-electron chi connectivity index (χ4n) is 3.20. The number of rotatable bonds is 10. The second kappa shape index (κ2) is 9.45. The second-order valence-corrected chi connectivity index (χ2v) is 6.95. The Morgan fingerprint density at radius 1 is 0.958 bits per heavy atom. The molecule has 0 radical (unpaired) electrons. The van der Waals surface area contributed by atoms with Gasteiger partial charge in [-0.05, 0) is 47.9 Å². The first-order chi connectivity index (χ1) is 11.3. The maximum Gasteiger partial charge on any atom is 0.335 e. The number of carboxylic acid groups (broad SMARTS) is 2. The smallest absolute Gasteiger partial charge is 0.335 e. The lowest BCUT2D eigenvalue weighted by Crippen LogP contribution is -2.16. The van der Waals surface area contributed by atoms with Gasteiger partial charge in [-0.25, -0.2) is 9.59 Å². The molecule has 4 heteroatoms. The molecular formula is C20H30O4. The lowest BCUT2D eigenvalue weighted by atomic mass is 9.83. The van der Waals surface area contributed by atoms with Crippen LogP contribution in [0.4, 0.5) is 0 Å². The van der Waals surface area contributed by atoms with Crippen molar-refractivity contribution in [1.29, 1.82) is 0 Å². The summed E-state index contributed by atoms with van der Waals surface area (Å²) in [4.78, 5) is 23.3. The van der Waals surface area contributed by atoms with Gasteiger partial charge in [0.15, 0.2) is 0 Å². The summed E-state index contributed by atoms with van der Waals surface area (Å²) in [6.45, 7) is 8.31. The average molecular weight is 334 g/mol. The Morgan fingerprint density at radius 2 is 1.46 bits per heavy atom.